The van der Waals surface area contributed by atoms with Crippen molar-refractivity contribution < 1.29 is 9.47 Å². The Morgan fingerprint density at radius 2 is 1.61 bits per heavy atom. The molecule has 128 valence electrons. The lowest BCUT2D eigenvalue weighted by Crippen LogP contribution is -2.24. The Morgan fingerprint density at radius 1 is 0.957 bits per heavy atom. The quantitative estimate of drug-likeness (QED) is 0.548. The van der Waals surface area contributed by atoms with Crippen LogP contribution in [0.1, 0.15) is 33.3 Å². The van der Waals surface area contributed by atoms with E-state index in [-0.39, 0.29) is 6.10 Å². The van der Waals surface area contributed by atoms with Gasteiger partial charge in [-0.3, -0.25) is 0 Å². The van der Waals surface area contributed by atoms with E-state index in [9.17, 15) is 0 Å². The van der Waals surface area contributed by atoms with Crippen LogP contribution in [0.5, 0.6) is 0 Å². The Morgan fingerprint density at radius 3 is 2.22 bits per heavy atom. The molecule has 2 heteroatoms. The second-order valence-electron chi connectivity index (χ2n) is 6.55. The van der Waals surface area contributed by atoms with Crippen LogP contribution in [0.2, 0.25) is 0 Å². The van der Waals surface area contributed by atoms with Gasteiger partial charge < -0.3 is 9.47 Å². The predicted octanol–water partition coefficient (Wildman–Crippen LogP) is 5.26. The van der Waals surface area contributed by atoms with Gasteiger partial charge in [0, 0.05) is 13.0 Å². The van der Waals surface area contributed by atoms with Gasteiger partial charge in [-0.05, 0) is 17.4 Å². The van der Waals surface area contributed by atoms with Gasteiger partial charge in [0.05, 0.1) is 19.3 Å². The first-order valence-corrected chi connectivity index (χ1v) is 8.54. The van der Waals surface area contributed by atoms with E-state index in [1.807, 2.05) is 18.2 Å². The molecule has 1 aromatic carbocycles. The van der Waals surface area contributed by atoms with Crippen molar-refractivity contribution in [2.45, 2.75) is 40.4 Å². The summed E-state index contributed by atoms with van der Waals surface area (Å²) in [6, 6.07) is 10.3. The lowest BCUT2D eigenvalue weighted by molar-refractivity contribution is 0.0379. The van der Waals surface area contributed by atoms with Crippen LogP contribution in [0.3, 0.4) is 0 Å². The van der Waals surface area contributed by atoms with Crippen molar-refractivity contribution in [2.75, 3.05) is 13.7 Å². The molecule has 0 fully saturated rings. The van der Waals surface area contributed by atoms with Crippen LogP contribution in [0, 0.1) is 17.8 Å². The monoisotopic (exact) mass is 316 g/mol. The van der Waals surface area contributed by atoms with Crippen molar-refractivity contribution in [3.8, 4) is 0 Å². The predicted molar refractivity (Wildman–Crippen MR) is 98.3 cm³/mol. The summed E-state index contributed by atoms with van der Waals surface area (Å²) in [6.45, 7) is 10.2. The van der Waals surface area contributed by atoms with Gasteiger partial charge in [0.2, 0.25) is 0 Å². The first-order chi connectivity index (χ1) is 11.0. The molecule has 0 bridgehead atoms. The Labute approximate surface area is 142 Å². The Bertz CT molecular complexity index is 462. The van der Waals surface area contributed by atoms with Crippen LogP contribution in [0.4, 0.5) is 0 Å². The van der Waals surface area contributed by atoms with Gasteiger partial charge in [-0.1, -0.05) is 82.3 Å². The summed E-state index contributed by atoms with van der Waals surface area (Å²) in [5, 5.41) is 0. The number of ether oxygens (including phenoxy) is 2. The summed E-state index contributed by atoms with van der Waals surface area (Å²) in [7, 11) is 1.79. The van der Waals surface area contributed by atoms with Crippen LogP contribution >= 0.6 is 0 Å². The van der Waals surface area contributed by atoms with Gasteiger partial charge in [0.1, 0.15) is 0 Å². The second-order valence-corrected chi connectivity index (χ2v) is 6.55. The van der Waals surface area contributed by atoms with Crippen LogP contribution in [-0.4, -0.2) is 19.8 Å². The molecule has 3 atom stereocenters. The van der Waals surface area contributed by atoms with Crippen LogP contribution in [0.25, 0.3) is 0 Å². The second kappa shape index (κ2) is 11.2. The molecule has 0 aliphatic rings. The molecule has 1 rings (SSSR count). The molecule has 0 saturated carbocycles. The Balaban J connectivity index is 2.29. The van der Waals surface area contributed by atoms with E-state index in [1.165, 1.54) is 5.56 Å². The zero-order valence-corrected chi connectivity index (χ0v) is 15.2. The minimum atomic E-state index is 0.270. The summed E-state index contributed by atoms with van der Waals surface area (Å²) in [4.78, 5) is 0. The van der Waals surface area contributed by atoms with Crippen molar-refractivity contribution in [1.82, 2.24) is 0 Å². The van der Waals surface area contributed by atoms with E-state index in [4.69, 9.17) is 9.47 Å². The molecule has 0 saturated heterocycles. The molecule has 0 aliphatic heterocycles. The van der Waals surface area contributed by atoms with Crippen LogP contribution in [0.15, 0.2) is 54.6 Å². The molecule has 0 heterocycles. The van der Waals surface area contributed by atoms with Crippen molar-refractivity contribution in [3.05, 3.63) is 60.2 Å². The number of rotatable bonds is 10. The van der Waals surface area contributed by atoms with E-state index in [0.717, 1.165) is 6.61 Å². The average Bonchev–Trinajstić information content (AvgIpc) is 2.53. The number of methoxy groups -OCH3 is 1. The van der Waals surface area contributed by atoms with Crippen molar-refractivity contribution in [2.24, 2.45) is 17.8 Å². The summed E-state index contributed by atoms with van der Waals surface area (Å²) >= 11 is 0. The molecular weight excluding hydrogens is 284 g/mol. The van der Waals surface area contributed by atoms with Gasteiger partial charge in [0.15, 0.2) is 0 Å². The molecule has 0 aromatic heterocycles. The number of hydrogen-bond donors (Lipinski definition) is 0. The summed E-state index contributed by atoms with van der Waals surface area (Å²) < 4.78 is 11.3. The highest BCUT2D eigenvalue weighted by Crippen LogP contribution is 2.17. The minimum Gasteiger partial charge on any atom is -0.381 e. The molecule has 23 heavy (non-hydrogen) atoms. The lowest BCUT2D eigenvalue weighted by Gasteiger charge is -2.23. The van der Waals surface area contributed by atoms with Crippen LogP contribution in [-0.2, 0) is 16.1 Å². The van der Waals surface area contributed by atoms with Crippen LogP contribution < -0.4 is 0 Å². The zero-order chi connectivity index (χ0) is 17.1. The molecule has 0 amide bonds. The fourth-order valence-electron chi connectivity index (χ4n) is 2.69. The lowest BCUT2D eigenvalue weighted by atomic mass is 9.94. The smallest absolute Gasteiger partial charge is 0.0717 e. The maximum absolute atomic E-state index is 5.75. The van der Waals surface area contributed by atoms with Crippen molar-refractivity contribution >= 4 is 0 Å². The first kappa shape index (κ1) is 19.7. The van der Waals surface area contributed by atoms with Gasteiger partial charge in [-0.2, -0.15) is 0 Å². The normalized spacial score (nSPS) is 16.3. The zero-order valence-electron chi connectivity index (χ0n) is 15.2. The Hall–Kier alpha value is -1.38. The van der Waals surface area contributed by atoms with Gasteiger partial charge in [-0.15, -0.1) is 0 Å². The molecule has 0 radical (unpaired) electrons. The molecule has 0 N–H and O–H groups in total. The largest absolute Gasteiger partial charge is 0.381 e. The van der Waals surface area contributed by atoms with E-state index >= 15 is 0 Å². The summed E-state index contributed by atoms with van der Waals surface area (Å²) in [5.74, 6) is 1.34. The van der Waals surface area contributed by atoms with E-state index in [0.29, 0.717) is 24.4 Å². The molecule has 0 spiro atoms. The molecule has 2 nitrogen and oxygen atoms in total. The fraction of sp³-hybridized carbons (Fsp3) is 0.524. The molecule has 0 unspecified atom stereocenters. The van der Waals surface area contributed by atoms with Crippen molar-refractivity contribution in [1.29, 1.82) is 0 Å². The molecular formula is C21H32O2. The Kier molecular flexibility index (Phi) is 9.58. The molecule has 1 aromatic rings. The topological polar surface area (TPSA) is 18.5 Å². The first-order valence-electron chi connectivity index (χ1n) is 8.54. The maximum atomic E-state index is 5.75. The average molecular weight is 316 g/mol. The molecule has 0 aliphatic carbocycles. The highest BCUT2D eigenvalue weighted by molar-refractivity contribution is 5.13. The van der Waals surface area contributed by atoms with E-state index in [1.54, 1.807) is 7.11 Å². The number of allylic oxidation sites excluding steroid dienone is 2. The number of benzene rings is 1. The fourth-order valence-corrected chi connectivity index (χ4v) is 2.69. The third kappa shape index (κ3) is 8.15. The van der Waals surface area contributed by atoms with Gasteiger partial charge in [-0.25, -0.2) is 0 Å². The maximum Gasteiger partial charge on any atom is 0.0717 e. The summed E-state index contributed by atoms with van der Waals surface area (Å²) in [6.07, 6.45) is 8.90. The van der Waals surface area contributed by atoms with Crippen molar-refractivity contribution in [3.63, 3.8) is 0 Å². The van der Waals surface area contributed by atoms with Gasteiger partial charge in [0.25, 0.3) is 0 Å². The highest BCUT2D eigenvalue weighted by Gasteiger charge is 2.17. The SMILES string of the molecule is CO[C@H](C(C)C)[C@@H](C)/C=C/C=C/[C@@H](C)COCc1ccccc1. The summed E-state index contributed by atoms with van der Waals surface area (Å²) in [5.41, 5.74) is 1.22. The highest BCUT2D eigenvalue weighted by atomic mass is 16.5. The van der Waals surface area contributed by atoms with E-state index in [2.05, 4.69) is 64.1 Å². The third-order valence-corrected chi connectivity index (χ3v) is 3.91. The van der Waals surface area contributed by atoms with Gasteiger partial charge >= 0.3 is 0 Å². The van der Waals surface area contributed by atoms with E-state index < -0.39 is 0 Å². The standard InChI is InChI=1S/C21H32O2/c1-17(2)21(22-5)19(4)12-10-9-11-18(3)15-23-16-20-13-7-6-8-14-20/h6-14,17-19,21H,15-16H2,1-5H3/b11-9+,12-10+/t18-,19+,21-/m1/s1. The third-order valence-electron chi connectivity index (χ3n) is 3.91. The number of hydrogen-bond acceptors (Lipinski definition) is 2. The minimum absolute atomic E-state index is 0.270.